The lowest BCUT2D eigenvalue weighted by atomic mass is 10.1. The second kappa shape index (κ2) is 8.61. The predicted molar refractivity (Wildman–Crippen MR) is 130 cm³/mol. The molecule has 1 aromatic carbocycles. The van der Waals surface area contributed by atoms with Gasteiger partial charge in [-0.25, -0.2) is 8.42 Å². The van der Waals surface area contributed by atoms with Crippen molar-refractivity contribution in [3.8, 4) is 0 Å². The topological polar surface area (TPSA) is 90.9 Å². The summed E-state index contributed by atoms with van der Waals surface area (Å²) in [5, 5.41) is 0. The summed E-state index contributed by atoms with van der Waals surface area (Å²) in [5.74, 6) is -0.866. The number of fused-ring (bicyclic) bond motifs is 1. The summed E-state index contributed by atoms with van der Waals surface area (Å²) < 4.78 is 28.3. The fourth-order valence-electron chi connectivity index (χ4n) is 4.35. The molecule has 5 rings (SSSR count). The Labute approximate surface area is 202 Å². The van der Waals surface area contributed by atoms with Crippen molar-refractivity contribution in [2.45, 2.75) is 24.6 Å². The molecule has 4 heterocycles. The van der Waals surface area contributed by atoms with Crippen LogP contribution in [0.25, 0.3) is 0 Å². The Bertz CT molecular complexity index is 1360. The summed E-state index contributed by atoms with van der Waals surface area (Å²) in [6.45, 7) is 6.16. The third-order valence-corrected chi connectivity index (χ3v) is 9.66. The standard InChI is InChI=1S/C24H24N4O4S2/c1-16-5-6-17(2)20(14-16)26-10-12-27(13-11-26)34(31,32)21-8-7-18(33-21)15-28-23(29)19-4-3-9-25-22(19)24(28)30/h3-9,14H,10-13,15H2,1-2H3. The van der Waals surface area contributed by atoms with Crippen molar-refractivity contribution < 1.29 is 18.0 Å². The van der Waals surface area contributed by atoms with E-state index in [9.17, 15) is 18.0 Å². The molecule has 1 fully saturated rings. The summed E-state index contributed by atoms with van der Waals surface area (Å²) >= 11 is 1.09. The van der Waals surface area contributed by atoms with E-state index in [1.54, 1.807) is 24.3 Å². The zero-order valence-corrected chi connectivity index (χ0v) is 20.5. The first-order valence-electron chi connectivity index (χ1n) is 11.0. The number of thiophene rings is 1. The third kappa shape index (κ3) is 3.91. The molecule has 176 valence electrons. The summed E-state index contributed by atoms with van der Waals surface area (Å²) in [6, 6.07) is 12.7. The van der Waals surface area contributed by atoms with E-state index in [2.05, 4.69) is 41.9 Å². The average Bonchev–Trinajstić information content (AvgIpc) is 3.41. The Kier molecular flexibility index (Phi) is 5.75. The van der Waals surface area contributed by atoms with Crippen molar-refractivity contribution in [1.82, 2.24) is 14.2 Å². The molecule has 0 atom stereocenters. The number of pyridine rings is 1. The number of carbonyl (C=O) groups excluding carboxylic acids is 2. The summed E-state index contributed by atoms with van der Waals surface area (Å²) in [5.41, 5.74) is 3.91. The molecule has 2 aliphatic heterocycles. The number of hydrogen-bond acceptors (Lipinski definition) is 7. The van der Waals surface area contributed by atoms with Crippen molar-refractivity contribution >= 4 is 38.9 Å². The van der Waals surface area contributed by atoms with Gasteiger partial charge in [0.1, 0.15) is 9.90 Å². The van der Waals surface area contributed by atoms with E-state index in [1.165, 1.54) is 21.6 Å². The smallest absolute Gasteiger partial charge is 0.280 e. The van der Waals surface area contributed by atoms with Crippen LogP contribution in [0.5, 0.6) is 0 Å². The van der Waals surface area contributed by atoms with Crippen LogP contribution in [-0.4, -0.2) is 60.6 Å². The van der Waals surface area contributed by atoms with E-state index in [4.69, 9.17) is 0 Å². The first kappa shape index (κ1) is 22.7. The van der Waals surface area contributed by atoms with Gasteiger partial charge in [-0.05, 0) is 55.3 Å². The molecule has 2 aliphatic rings. The van der Waals surface area contributed by atoms with Gasteiger partial charge >= 0.3 is 0 Å². The Balaban J connectivity index is 1.28. The molecule has 34 heavy (non-hydrogen) atoms. The minimum atomic E-state index is -3.65. The summed E-state index contributed by atoms with van der Waals surface area (Å²) in [4.78, 5) is 33.1. The number of benzene rings is 1. The van der Waals surface area contributed by atoms with Gasteiger partial charge in [-0.1, -0.05) is 12.1 Å². The second-order valence-corrected chi connectivity index (χ2v) is 11.8. The van der Waals surface area contributed by atoms with Crippen molar-refractivity contribution in [1.29, 1.82) is 0 Å². The van der Waals surface area contributed by atoms with Crippen LogP contribution < -0.4 is 4.90 Å². The second-order valence-electron chi connectivity index (χ2n) is 8.50. The fraction of sp³-hybridized carbons (Fsp3) is 0.292. The van der Waals surface area contributed by atoms with E-state index in [1.807, 2.05) is 0 Å². The SMILES string of the molecule is Cc1ccc(C)c(N2CCN(S(=O)(=O)c3ccc(CN4C(=O)c5cccnc5C4=O)s3)CC2)c1. The number of anilines is 1. The van der Waals surface area contributed by atoms with Crippen molar-refractivity contribution in [2.75, 3.05) is 31.1 Å². The summed E-state index contributed by atoms with van der Waals surface area (Å²) in [6.07, 6.45) is 1.48. The highest BCUT2D eigenvalue weighted by atomic mass is 32.2. The molecule has 8 nitrogen and oxygen atoms in total. The van der Waals surface area contributed by atoms with E-state index in [-0.39, 0.29) is 22.0 Å². The van der Waals surface area contributed by atoms with E-state index in [0.717, 1.165) is 21.9 Å². The lowest BCUT2D eigenvalue weighted by molar-refractivity contribution is 0.0642. The van der Waals surface area contributed by atoms with Gasteiger partial charge in [0, 0.05) is 42.9 Å². The molecule has 3 aromatic rings. The zero-order valence-electron chi connectivity index (χ0n) is 18.9. The van der Waals surface area contributed by atoms with Gasteiger partial charge < -0.3 is 4.90 Å². The van der Waals surface area contributed by atoms with Gasteiger partial charge in [-0.15, -0.1) is 11.3 Å². The fourth-order valence-corrected chi connectivity index (χ4v) is 7.27. The van der Waals surface area contributed by atoms with Crippen LogP contribution in [0, 0.1) is 13.8 Å². The largest absolute Gasteiger partial charge is 0.369 e. The Morgan fingerprint density at radius 3 is 2.47 bits per heavy atom. The van der Waals surface area contributed by atoms with Crippen LogP contribution in [0.15, 0.2) is 52.9 Å². The third-order valence-electron chi connectivity index (χ3n) is 6.22. The van der Waals surface area contributed by atoms with Gasteiger partial charge in [-0.2, -0.15) is 4.31 Å². The number of sulfonamides is 1. The minimum Gasteiger partial charge on any atom is -0.369 e. The highest BCUT2D eigenvalue weighted by molar-refractivity contribution is 7.91. The number of carbonyl (C=O) groups is 2. The Morgan fingerprint density at radius 2 is 1.74 bits per heavy atom. The van der Waals surface area contributed by atoms with Gasteiger partial charge in [0.25, 0.3) is 21.8 Å². The number of aryl methyl sites for hydroxylation is 2. The number of piperazine rings is 1. The molecular weight excluding hydrogens is 472 g/mol. The van der Waals surface area contributed by atoms with Crippen LogP contribution in [0.2, 0.25) is 0 Å². The lowest BCUT2D eigenvalue weighted by Crippen LogP contribution is -2.48. The zero-order chi connectivity index (χ0) is 24.0. The number of hydrogen-bond donors (Lipinski definition) is 0. The quantitative estimate of drug-likeness (QED) is 0.505. The van der Waals surface area contributed by atoms with E-state index >= 15 is 0 Å². The molecule has 2 amide bonds. The van der Waals surface area contributed by atoms with Gasteiger partial charge in [-0.3, -0.25) is 19.5 Å². The van der Waals surface area contributed by atoms with E-state index in [0.29, 0.717) is 31.1 Å². The number of amides is 2. The first-order valence-corrected chi connectivity index (χ1v) is 13.2. The van der Waals surface area contributed by atoms with Gasteiger partial charge in [0.2, 0.25) is 0 Å². The molecule has 0 radical (unpaired) electrons. The van der Waals surface area contributed by atoms with E-state index < -0.39 is 21.8 Å². The Hall–Kier alpha value is -3.08. The van der Waals surface area contributed by atoms with Crippen LogP contribution in [0.1, 0.15) is 36.9 Å². The maximum Gasteiger partial charge on any atom is 0.280 e. The van der Waals surface area contributed by atoms with Crippen molar-refractivity contribution in [3.63, 3.8) is 0 Å². The highest BCUT2D eigenvalue weighted by Gasteiger charge is 2.37. The number of imide groups is 1. The van der Waals surface area contributed by atoms with Crippen LogP contribution in [-0.2, 0) is 16.6 Å². The number of aromatic nitrogens is 1. The minimum absolute atomic E-state index is 0.0224. The molecule has 2 aromatic heterocycles. The molecule has 10 heteroatoms. The number of rotatable bonds is 5. The maximum atomic E-state index is 13.3. The molecule has 0 unspecified atom stereocenters. The van der Waals surface area contributed by atoms with Crippen LogP contribution >= 0.6 is 11.3 Å². The Morgan fingerprint density at radius 1 is 0.971 bits per heavy atom. The average molecular weight is 497 g/mol. The predicted octanol–water partition coefficient (Wildman–Crippen LogP) is 3.07. The number of nitrogens with zero attached hydrogens (tertiary/aromatic N) is 4. The highest BCUT2D eigenvalue weighted by Crippen LogP contribution is 2.30. The van der Waals surface area contributed by atoms with Crippen LogP contribution in [0.3, 0.4) is 0 Å². The van der Waals surface area contributed by atoms with Crippen LogP contribution in [0.4, 0.5) is 5.69 Å². The first-order chi connectivity index (χ1) is 16.3. The maximum absolute atomic E-state index is 13.3. The van der Waals surface area contributed by atoms with Crippen molar-refractivity contribution in [2.24, 2.45) is 0 Å². The molecular formula is C24H24N4O4S2. The molecule has 0 N–H and O–H groups in total. The lowest BCUT2D eigenvalue weighted by Gasteiger charge is -2.36. The monoisotopic (exact) mass is 496 g/mol. The molecule has 0 aliphatic carbocycles. The molecule has 0 spiro atoms. The molecule has 0 bridgehead atoms. The normalized spacial score (nSPS) is 16.9. The summed E-state index contributed by atoms with van der Waals surface area (Å²) in [7, 11) is -3.65. The molecule has 0 saturated carbocycles. The van der Waals surface area contributed by atoms with Gasteiger partial charge in [0.05, 0.1) is 12.1 Å². The molecule has 1 saturated heterocycles. The van der Waals surface area contributed by atoms with Crippen molar-refractivity contribution in [3.05, 3.63) is 75.9 Å². The van der Waals surface area contributed by atoms with Gasteiger partial charge in [0.15, 0.2) is 0 Å².